The molecule has 3 N–H and O–H groups in total. The molecular formula is C16H14ClF2IN2O3. The number of benzene rings is 2. The molecule has 2 aromatic carbocycles. The number of carbonyl (C=O) groups is 1. The molecule has 0 aliphatic rings. The molecule has 0 aromatic heterocycles. The van der Waals surface area contributed by atoms with Crippen molar-refractivity contribution in [3.63, 3.8) is 0 Å². The first-order valence-corrected chi connectivity index (χ1v) is 8.56. The standard InChI is InChI=1S/C16H14ClF2IN2O3/c1-8(7-23)25-22-16(24)10-3-4-12(18)14(19)15(10)21-13-5-2-9(20)6-11(13)17/h2-6,8,21,23H,7H2,1H3,(H,22,24). The Labute approximate surface area is 161 Å². The van der Waals surface area contributed by atoms with Gasteiger partial charge in [-0.3, -0.25) is 9.63 Å². The van der Waals surface area contributed by atoms with Crippen molar-refractivity contribution in [2.24, 2.45) is 0 Å². The number of anilines is 2. The molecule has 0 radical (unpaired) electrons. The molecule has 1 amide bonds. The highest BCUT2D eigenvalue weighted by Crippen LogP contribution is 2.31. The fraction of sp³-hybridized carbons (Fsp3) is 0.188. The van der Waals surface area contributed by atoms with E-state index in [9.17, 15) is 13.6 Å². The van der Waals surface area contributed by atoms with Crippen molar-refractivity contribution >= 4 is 51.5 Å². The minimum atomic E-state index is -1.22. The van der Waals surface area contributed by atoms with Gasteiger partial charge in [-0.05, 0) is 59.8 Å². The molecule has 1 atom stereocenters. The monoisotopic (exact) mass is 482 g/mol. The maximum absolute atomic E-state index is 14.2. The third kappa shape index (κ3) is 5.00. The minimum absolute atomic E-state index is 0.182. The molecule has 0 fully saturated rings. The summed E-state index contributed by atoms with van der Waals surface area (Å²) in [6, 6.07) is 6.88. The van der Waals surface area contributed by atoms with Crippen molar-refractivity contribution in [1.82, 2.24) is 5.48 Å². The Bertz CT molecular complexity index is 792. The van der Waals surface area contributed by atoms with E-state index in [1.807, 2.05) is 0 Å². The van der Waals surface area contributed by atoms with E-state index >= 15 is 0 Å². The lowest BCUT2D eigenvalue weighted by Gasteiger charge is -2.16. The molecule has 0 aliphatic heterocycles. The highest BCUT2D eigenvalue weighted by Gasteiger charge is 2.20. The van der Waals surface area contributed by atoms with Gasteiger partial charge in [-0.1, -0.05) is 11.6 Å². The normalized spacial score (nSPS) is 11.9. The van der Waals surface area contributed by atoms with Gasteiger partial charge in [0, 0.05) is 3.57 Å². The van der Waals surface area contributed by atoms with Crippen LogP contribution in [0.5, 0.6) is 0 Å². The van der Waals surface area contributed by atoms with Crippen molar-refractivity contribution in [2.75, 3.05) is 11.9 Å². The molecule has 0 saturated heterocycles. The predicted octanol–water partition coefficient (Wildman–Crippen LogP) is 4.01. The minimum Gasteiger partial charge on any atom is -0.394 e. The van der Waals surface area contributed by atoms with E-state index in [0.717, 1.165) is 15.7 Å². The largest absolute Gasteiger partial charge is 0.394 e. The summed E-state index contributed by atoms with van der Waals surface area (Å²) in [6.07, 6.45) is -0.656. The number of aliphatic hydroxyl groups excluding tert-OH is 1. The van der Waals surface area contributed by atoms with Gasteiger partial charge in [-0.25, -0.2) is 14.3 Å². The number of hydrogen-bond acceptors (Lipinski definition) is 4. The Kier molecular flexibility index (Phi) is 6.94. The van der Waals surface area contributed by atoms with Crippen LogP contribution in [0, 0.1) is 15.2 Å². The smallest absolute Gasteiger partial charge is 0.277 e. The van der Waals surface area contributed by atoms with Gasteiger partial charge >= 0.3 is 0 Å². The van der Waals surface area contributed by atoms with E-state index in [-0.39, 0.29) is 22.9 Å². The molecule has 0 spiro atoms. The summed E-state index contributed by atoms with van der Waals surface area (Å²) in [4.78, 5) is 17.1. The summed E-state index contributed by atoms with van der Waals surface area (Å²) in [7, 11) is 0. The van der Waals surface area contributed by atoms with Gasteiger partial charge in [0.25, 0.3) is 5.91 Å². The van der Waals surface area contributed by atoms with E-state index in [2.05, 4.69) is 33.4 Å². The van der Waals surface area contributed by atoms with Gasteiger partial charge in [0.2, 0.25) is 0 Å². The molecule has 134 valence electrons. The van der Waals surface area contributed by atoms with Gasteiger partial charge in [0.1, 0.15) is 6.10 Å². The maximum atomic E-state index is 14.2. The first-order valence-electron chi connectivity index (χ1n) is 7.10. The van der Waals surface area contributed by atoms with Gasteiger partial charge in [-0.15, -0.1) is 0 Å². The number of rotatable bonds is 6. The average molecular weight is 483 g/mol. The summed E-state index contributed by atoms with van der Waals surface area (Å²) in [5, 5.41) is 11.8. The lowest BCUT2D eigenvalue weighted by Crippen LogP contribution is -2.30. The van der Waals surface area contributed by atoms with E-state index in [1.165, 1.54) is 6.92 Å². The SMILES string of the molecule is CC(CO)ONC(=O)c1ccc(F)c(F)c1Nc1ccc(I)cc1Cl. The summed E-state index contributed by atoms with van der Waals surface area (Å²) in [5.41, 5.74) is 1.84. The van der Waals surface area contributed by atoms with Crippen molar-refractivity contribution in [2.45, 2.75) is 13.0 Å². The van der Waals surface area contributed by atoms with Crippen LogP contribution in [0.3, 0.4) is 0 Å². The van der Waals surface area contributed by atoms with Crippen LogP contribution in [-0.4, -0.2) is 23.7 Å². The third-order valence-corrected chi connectivity index (χ3v) is 4.12. The molecule has 9 heteroatoms. The van der Waals surface area contributed by atoms with Crippen LogP contribution in [0.25, 0.3) is 0 Å². The van der Waals surface area contributed by atoms with Crippen molar-refractivity contribution in [3.05, 3.63) is 56.1 Å². The van der Waals surface area contributed by atoms with E-state index in [0.29, 0.717) is 5.69 Å². The number of carbonyl (C=O) groups excluding carboxylic acids is 1. The van der Waals surface area contributed by atoms with Gasteiger partial charge in [-0.2, -0.15) is 0 Å². The zero-order valence-electron chi connectivity index (χ0n) is 12.9. The molecular weight excluding hydrogens is 469 g/mol. The second kappa shape index (κ2) is 8.75. The quantitative estimate of drug-likeness (QED) is 0.430. The number of amides is 1. The number of hydroxylamine groups is 1. The predicted molar refractivity (Wildman–Crippen MR) is 98.9 cm³/mol. The zero-order chi connectivity index (χ0) is 18.6. The third-order valence-electron chi connectivity index (χ3n) is 3.14. The van der Waals surface area contributed by atoms with Crippen LogP contribution in [0.4, 0.5) is 20.2 Å². The van der Waals surface area contributed by atoms with E-state index in [1.54, 1.807) is 18.2 Å². The molecule has 5 nitrogen and oxygen atoms in total. The summed E-state index contributed by atoms with van der Waals surface area (Å²) >= 11 is 8.14. The average Bonchev–Trinajstić information content (AvgIpc) is 2.58. The van der Waals surface area contributed by atoms with Crippen LogP contribution in [0.1, 0.15) is 17.3 Å². The number of hydrogen-bond donors (Lipinski definition) is 3. The molecule has 25 heavy (non-hydrogen) atoms. The highest BCUT2D eigenvalue weighted by atomic mass is 127. The first kappa shape index (κ1) is 19.8. The maximum Gasteiger partial charge on any atom is 0.277 e. The van der Waals surface area contributed by atoms with Crippen LogP contribution >= 0.6 is 34.2 Å². The molecule has 0 heterocycles. The summed E-state index contributed by atoms with van der Waals surface area (Å²) in [6.45, 7) is 1.21. The Hall–Kier alpha value is -1.49. The van der Waals surface area contributed by atoms with Crippen molar-refractivity contribution in [1.29, 1.82) is 0 Å². The van der Waals surface area contributed by atoms with Crippen LogP contribution in [0.15, 0.2) is 30.3 Å². The van der Waals surface area contributed by atoms with E-state index in [4.69, 9.17) is 21.5 Å². The summed E-state index contributed by atoms with van der Waals surface area (Å²) < 4.78 is 28.7. The van der Waals surface area contributed by atoms with Crippen LogP contribution in [-0.2, 0) is 4.84 Å². The van der Waals surface area contributed by atoms with Gasteiger partial charge < -0.3 is 10.4 Å². The lowest BCUT2D eigenvalue weighted by molar-refractivity contribution is -0.0304. The highest BCUT2D eigenvalue weighted by molar-refractivity contribution is 14.1. The first-order chi connectivity index (χ1) is 11.8. The molecule has 2 rings (SSSR count). The molecule has 0 aliphatic carbocycles. The Morgan fingerprint density at radius 3 is 2.72 bits per heavy atom. The van der Waals surface area contributed by atoms with Gasteiger partial charge in [0.15, 0.2) is 11.6 Å². The summed E-state index contributed by atoms with van der Waals surface area (Å²) in [5.74, 6) is -3.15. The second-order valence-corrected chi connectivity index (χ2v) is 6.73. The van der Waals surface area contributed by atoms with Crippen molar-refractivity contribution < 1.29 is 23.5 Å². The fourth-order valence-corrected chi connectivity index (χ4v) is 2.74. The molecule has 1 unspecified atom stereocenters. The molecule has 0 saturated carbocycles. The number of halogens is 4. The lowest BCUT2D eigenvalue weighted by atomic mass is 10.1. The number of nitrogens with one attached hydrogen (secondary N) is 2. The van der Waals surface area contributed by atoms with E-state index < -0.39 is 23.6 Å². The Morgan fingerprint density at radius 2 is 2.08 bits per heavy atom. The fourth-order valence-electron chi connectivity index (χ4n) is 1.83. The van der Waals surface area contributed by atoms with Gasteiger partial charge in [0.05, 0.1) is 28.6 Å². The van der Waals surface area contributed by atoms with Crippen LogP contribution in [0.2, 0.25) is 5.02 Å². The van der Waals surface area contributed by atoms with Crippen molar-refractivity contribution in [3.8, 4) is 0 Å². The van der Waals surface area contributed by atoms with Crippen LogP contribution < -0.4 is 10.8 Å². The Balaban J connectivity index is 2.35. The second-order valence-electron chi connectivity index (χ2n) is 5.08. The zero-order valence-corrected chi connectivity index (χ0v) is 15.9. The Morgan fingerprint density at radius 1 is 1.36 bits per heavy atom. The molecule has 2 aromatic rings. The number of aliphatic hydroxyl groups is 1. The molecule has 0 bridgehead atoms. The topological polar surface area (TPSA) is 70.6 Å².